The summed E-state index contributed by atoms with van der Waals surface area (Å²) in [4.78, 5) is 3.19. The van der Waals surface area contributed by atoms with Gasteiger partial charge in [-0.05, 0) is 12.1 Å². The lowest BCUT2D eigenvalue weighted by Crippen LogP contribution is -1.82. The van der Waals surface area contributed by atoms with Gasteiger partial charge in [-0.2, -0.15) is 0 Å². The second-order valence-electron chi connectivity index (χ2n) is 5.09. The molecule has 0 amide bonds. The fraction of sp³-hybridized carbons (Fsp3) is 0. The molecule has 0 atom stereocenters. The van der Waals surface area contributed by atoms with Crippen LogP contribution in [0.5, 0.6) is 11.5 Å². The summed E-state index contributed by atoms with van der Waals surface area (Å²) in [7, 11) is 0. The summed E-state index contributed by atoms with van der Waals surface area (Å²) < 4.78 is 0. The number of fused-ring (bicyclic) bond motifs is 2. The summed E-state index contributed by atoms with van der Waals surface area (Å²) in [6.45, 7) is 0. The molecule has 1 heterocycles. The van der Waals surface area contributed by atoms with Gasteiger partial charge in [-0.3, -0.25) is 0 Å². The molecule has 0 bridgehead atoms. The van der Waals surface area contributed by atoms with Crippen LogP contribution in [-0.4, -0.2) is 15.2 Å². The number of aromatic nitrogens is 1. The third-order valence-corrected chi connectivity index (χ3v) is 3.87. The van der Waals surface area contributed by atoms with Crippen LogP contribution in [-0.2, 0) is 0 Å². The van der Waals surface area contributed by atoms with Gasteiger partial charge in [-0.15, -0.1) is 0 Å². The topological polar surface area (TPSA) is 56.2 Å². The van der Waals surface area contributed by atoms with Crippen LogP contribution in [0.1, 0.15) is 0 Å². The molecule has 0 spiro atoms. The van der Waals surface area contributed by atoms with Crippen molar-refractivity contribution in [1.82, 2.24) is 4.98 Å². The average Bonchev–Trinajstić information content (AvgIpc) is 2.95. The molecule has 3 aromatic carbocycles. The number of aromatic hydroxyl groups is 2. The smallest absolute Gasteiger partial charge is 0.131 e. The van der Waals surface area contributed by atoms with Crippen molar-refractivity contribution < 1.29 is 10.2 Å². The van der Waals surface area contributed by atoms with Crippen LogP contribution in [0.15, 0.2) is 60.8 Å². The molecule has 0 saturated heterocycles. The van der Waals surface area contributed by atoms with Gasteiger partial charge in [0.1, 0.15) is 11.5 Å². The lowest BCUT2D eigenvalue weighted by atomic mass is 9.98. The van der Waals surface area contributed by atoms with E-state index in [0.717, 1.165) is 16.5 Å². The second kappa shape index (κ2) is 4.28. The summed E-state index contributed by atoms with van der Waals surface area (Å²) in [6.07, 6.45) is 1.86. The van der Waals surface area contributed by atoms with Gasteiger partial charge in [0.15, 0.2) is 0 Å². The van der Waals surface area contributed by atoms with E-state index in [1.807, 2.05) is 48.7 Å². The highest BCUT2D eigenvalue weighted by Gasteiger charge is 2.15. The minimum absolute atomic E-state index is 0.170. The SMILES string of the molecule is Oc1cc(-c2c[nH]c3ccccc23)c(O)c2ccccc12. The fourth-order valence-electron chi connectivity index (χ4n) is 2.84. The Morgan fingerprint density at radius 3 is 2.19 bits per heavy atom. The summed E-state index contributed by atoms with van der Waals surface area (Å²) in [5, 5.41) is 23.1. The molecule has 4 rings (SSSR count). The minimum atomic E-state index is 0.170. The van der Waals surface area contributed by atoms with Crippen molar-refractivity contribution in [2.75, 3.05) is 0 Å². The van der Waals surface area contributed by atoms with Crippen LogP contribution in [0.3, 0.4) is 0 Å². The Morgan fingerprint density at radius 1 is 0.714 bits per heavy atom. The Labute approximate surface area is 121 Å². The maximum absolute atomic E-state index is 10.6. The minimum Gasteiger partial charge on any atom is -0.507 e. The first kappa shape index (κ1) is 11.9. The Bertz CT molecular complexity index is 969. The van der Waals surface area contributed by atoms with E-state index in [4.69, 9.17) is 0 Å². The van der Waals surface area contributed by atoms with E-state index >= 15 is 0 Å². The predicted octanol–water partition coefficient (Wildman–Crippen LogP) is 4.40. The zero-order chi connectivity index (χ0) is 14.4. The van der Waals surface area contributed by atoms with Crippen LogP contribution in [0.25, 0.3) is 32.8 Å². The number of phenols is 2. The number of rotatable bonds is 1. The zero-order valence-electron chi connectivity index (χ0n) is 11.2. The van der Waals surface area contributed by atoms with Crippen LogP contribution in [0, 0.1) is 0 Å². The third-order valence-electron chi connectivity index (χ3n) is 3.87. The molecule has 3 nitrogen and oxygen atoms in total. The standard InChI is InChI=1S/C18H13NO2/c20-17-9-14(18(21)13-7-2-1-6-12(13)17)15-10-19-16-8-4-3-5-11(15)16/h1-10,19-21H. The van der Waals surface area contributed by atoms with E-state index in [-0.39, 0.29) is 11.5 Å². The highest BCUT2D eigenvalue weighted by molar-refractivity contribution is 6.04. The number of hydrogen-bond acceptors (Lipinski definition) is 2. The summed E-state index contributed by atoms with van der Waals surface area (Å²) >= 11 is 0. The van der Waals surface area contributed by atoms with Gasteiger partial charge in [0, 0.05) is 39.0 Å². The van der Waals surface area contributed by atoms with Gasteiger partial charge in [-0.25, -0.2) is 0 Å². The first-order chi connectivity index (χ1) is 10.3. The van der Waals surface area contributed by atoms with E-state index in [0.29, 0.717) is 16.3 Å². The molecule has 21 heavy (non-hydrogen) atoms. The maximum atomic E-state index is 10.6. The molecule has 0 aliphatic heterocycles. The molecule has 3 heteroatoms. The number of para-hydroxylation sites is 1. The Balaban J connectivity index is 2.09. The number of hydrogen-bond donors (Lipinski definition) is 3. The van der Waals surface area contributed by atoms with Gasteiger partial charge in [-0.1, -0.05) is 42.5 Å². The molecule has 0 radical (unpaired) electrons. The van der Waals surface area contributed by atoms with E-state index in [1.54, 1.807) is 12.1 Å². The Kier molecular flexibility index (Phi) is 2.42. The molecular weight excluding hydrogens is 262 g/mol. The summed E-state index contributed by atoms with van der Waals surface area (Å²) in [5.41, 5.74) is 2.51. The average molecular weight is 275 g/mol. The lowest BCUT2D eigenvalue weighted by molar-refractivity contribution is 0.471. The van der Waals surface area contributed by atoms with Crippen molar-refractivity contribution in [1.29, 1.82) is 0 Å². The molecule has 102 valence electrons. The first-order valence-corrected chi connectivity index (χ1v) is 6.76. The van der Waals surface area contributed by atoms with Crippen molar-refractivity contribution >= 4 is 21.7 Å². The molecule has 0 saturated carbocycles. The van der Waals surface area contributed by atoms with E-state index < -0.39 is 0 Å². The van der Waals surface area contributed by atoms with E-state index in [2.05, 4.69) is 4.98 Å². The highest BCUT2D eigenvalue weighted by Crippen LogP contribution is 2.42. The summed E-state index contributed by atoms with van der Waals surface area (Å²) in [6, 6.07) is 16.8. The molecule has 0 fully saturated rings. The molecule has 4 aromatic rings. The molecule has 0 unspecified atom stereocenters. The van der Waals surface area contributed by atoms with Gasteiger partial charge in [0.05, 0.1) is 0 Å². The van der Waals surface area contributed by atoms with Gasteiger partial charge >= 0.3 is 0 Å². The normalized spacial score (nSPS) is 11.2. The Morgan fingerprint density at radius 2 is 1.38 bits per heavy atom. The van der Waals surface area contributed by atoms with E-state index in [9.17, 15) is 10.2 Å². The first-order valence-electron chi connectivity index (χ1n) is 6.76. The van der Waals surface area contributed by atoms with Gasteiger partial charge in [0.25, 0.3) is 0 Å². The van der Waals surface area contributed by atoms with Crippen LogP contribution >= 0.6 is 0 Å². The number of nitrogens with one attached hydrogen (secondary N) is 1. The van der Waals surface area contributed by atoms with Gasteiger partial charge < -0.3 is 15.2 Å². The second-order valence-corrected chi connectivity index (χ2v) is 5.09. The van der Waals surface area contributed by atoms with Crippen LogP contribution in [0.2, 0.25) is 0 Å². The zero-order valence-corrected chi connectivity index (χ0v) is 11.2. The van der Waals surface area contributed by atoms with Crippen molar-refractivity contribution in [3.05, 3.63) is 60.8 Å². The van der Waals surface area contributed by atoms with E-state index in [1.165, 1.54) is 0 Å². The lowest BCUT2D eigenvalue weighted by Gasteiger charge is -2.09. The van der Waals surface area contributed by atoms with Crippen molar-refractivity contribution in [2.45, 2.75) is 0 Å². The van der Waals surface area contributed by atoms with Crippen LogP contribution < -0.4 is 0 Å². The largest absolute Gasteiger partial charge is 0.507 e. The number of H-pyrrole nitrogens is 1. The van der Waals surface area contributed by atoms with Crippen molar-refractivity contribution in [3.8, 4) is 22.6 Å². The predicted molar refractivity (Wildman–Crippen MR) is 84.6 cm³/mol. The quantitative estimate of drug-likeness (QED) is 0.451. The molecule has 3 N–H and O–H groups in total. The molecule has 0 aliphatic carbocycles. The van der Waals surface area contributed by atoms with Crippen molar-refractivity contribution in [3.63, 3.8) is 0 Å². The van der Waals surface area contributed by atoms with Crippen LogP contribution in [0.4, 0.5) is 0 Å². The van der Waals surface area contributed by atoms with Gasteiger partial charge in [0.2, 0.25) is 0 Å². The number of phenolic OH excluding ortho intramolecular Hbond substituents is 2. The maximum Gasteiger partial charge on any atom is 0.131 e. The van der Waals surface area contributed by atoms with Crippen molar-refractivity contribution in [2.24, 2.45) is 0 Å². The third kappa shape index (κ3) is 1.68. The Hall–Kier alpha value is -2.94. The molecular formula is C18H13NO2. The molecule has 0 aliphatic rings. The number of aromatic amines is 1. The fourth-order valence-corrected chi connectivity index (χ4v) is 2.84. The monoisotopic (exact) mass is 275 g/mol. The molecule has 1 aromatic heterocycles. The number of benzene rings is 3. The summed E-state index contributed by atoms with van der Waals surface area (Å²) in [5.74, 6) is 0.358. The highest BCUT2D eigenvalue weighted by atomic mass is 16.3.